The second kappa shape index (κ2) is 4.85. The Morgan fingerprint density at radius 1 is 1.18 bits per heavy atom. The summed E-state index contributed by atoms with van der Waals surface area (Å²) in [5.41, 5.74) is 2.38. The van der Waals surface area contributed by atoms with Gasteiger partial charge in [0.1, 0.15) is 12.3 Å². The third kappa shape index (κ3) is 3.54. The highest BCUT2D eigenvalue weighted by Gasteiger charge is 2.30. The van der Waals surface area contributed by atoms with Gasteiger partial charge in [-0.15, -0.1) is 0 Å². The van der Waals surface area contributed by atoms with Gasteiger partial charge in [-0.25, -0.2) is 0 Å². The van der Waals surface area contributed by atoms with Crippen LogP contribution in [0.5, 0.6) is 5.75 Å². The van der Waals surface area contributed by atoms with Gasteiger partial charge < -0.3 is 9.64 Å². The molecule has 0 amide bonds. The van der Waals surface area contributed by atoms with Crippen molar-refractivity contribution >= 4 is 5.69 Å². The zero-order valence-electron chi connectivity index (χ0n) is 10.4. The average molecular weight is 247 g/mol. The third-order valence-corrected chi connectivity index (χ3v) is 2.62. The smallest absolute Gasteiger partial charge is 0.405 e. The van der Waals surface area contributed by atoms with Crippen LogP contribution in [-0.4, -0.2) is 26.9 Å². The number of halogens is 3. The van der Waals surface area contributed by atoms with Crippen molar-refractivity contribution in [3.05, 3.63) is 23.3 Å². The van der Waals surface area contributed by atoms with E-state index in [1.165, 1.54) is 14.2 Å². The second-order valence-electron chi connectivity index (χ2n) is 4.08. The van der Waals surface area contributed by atoms with Gasteiger partial charge in [0.15, 0.2) is 0 Å². The molecule has 1 aromatic rings. The molecule has 1 rings (SSSR count). The molecule has 0 fully saturated rings. The Hall–Kier alpha value is -1.39. The van der Waals surface area contributed by atoms with Crippen molar-refractivity contribution in [1.29, 1.82) is 0 Å². The van der Waals surface area contributed by atoms with Crippen LogP contribution in [0, 0.1) is 13.8 Å². The summed E-state index contributed by atoms with van der Waals surface area (Å²) in [5, 5.41) is 0. The molecular formula is C12H16F3NO. The molecule has 0 heterocycles. The van der Waals surface area contributed by atoms with E-state index in [1.54, 1.807) is 12.1 Å². The number of anilines is 1. The van der Waals surface area contributed by atoms with Gasteiger partial charge in [-0.3, -0.25) is 0 Å². The molecule has 0 atom stereocenters. The standard InChI is InChI=1S/C12H16F3NO/c1-8-5-10(11(17-4)6-9(8)2)16(3)7-12(13,14)15/h5-6H,7H2,1-4H3. The summed E-state index contributed by atoms with van der Waals surface area (Å²) in [6.07, 6.45) is -4.22. The van der Waals surface area contributed by atoms with Crippen molar-refractivity contribution in [1.82, 2.24) is 0 Å². The first-order valence-electron chi connectivity index (χ1n) is 5.17. The third-order valence-electron chi connectivity index (χ3n) is 2.62. The molecule has 0 spiro atoms. The van der Waals surface area contributed by atoms with E-state index in [9.17, 15) is 13.2 Å². The largest absolute Gasteiger partial charge is 0.495 e. The number of benzene rings is 1. The first kappa shape index (κ1) is 13.7. The van der Waals surface area contributed by atoms with Gasteiger partial charge in [-0.2, -0.15) is 13.2 Å². The van der Waals surface area contributed by atoms with E-state index in [1.807, 2.05) is 13.8 Å². The maximum absolute atomic E-state index is 12.3. The van der Waals surface area contributed by atoms with Crippen LogP contribution < -0.4 is 9.64 Å². The van der Waals surface area contributed by atoms with Gasteiger partial charge in [-0.1, -0.05) is 0 Å². The number of hydrogen-bond donors (Lipinski definition) is 0. The summed E-state index contributed by atoms with van der Waals surface area (Å²) < 4.78 is 42.1. The summed E-state index contributed by atoms with van der Waals surface area (Å²) >= 11 is 0. The van der Waals surface area contributed by atoms with Crippen LogP contribution in [0.2, 0.25) is 0 Å². The van der Waals surface area contributed by atoms with E-state index in [4.69, 9.17) is 4.74 Å². The molecule has 0 aliphatic heterocycles. The van der Waals surface area contributed by atoms with Crippen LogP contribution in [-0.2, 0) is 0 Å². The molecule has 2 nitrogen and oxygen atoms in total. The second-order valence-corrected chi connectivity index (χ2v) is 4.08. The monoisotopic (exact) mass is 247 g/mol. The van der Waals surface area contributed by atoms with E-state index in [2.05, 4.69) is 0 Å². The minimum absolute atomic E-state index is 0.452. The van der Waals surface area contributed by atoms with Gasteiger partial charge in [0.05, 0.1) is 12.8 Å². The van der Waals surface area contributed by atoms with Crippen molar-refractivity contribution < 1.29 is 17.9 Å². The number of alkyl halides is 3. The minimum atomic E-state index is -4.22. The molecule has 0 aromatic heterocycles. The summed E-state index contributed by atoms with van der Waals surface area (Å²) in [5.74, 6) is 0.458. The highest BCUT2D eigenvalue weighted by molar-refractivity contribution is 5.61. The van der Waals surface area contributed by atoms with Crippen LogP contribution in [0.4, 0.5) is 18.9 Å². The van der Waals surface area contributed by atoms with Gasteiger partial charge in [0, 0.05) is 7.05 Å². The molecule has 0 N–H and O–H groups in total. The first-order chi connectivity index (χ1) is 7.74. The van der Waals surface area contributed by atoms with Crippen LogP contribution in [0.1, 0.15) is 11.1 Å². The molecule has 96 valence electrons. The Kier molecular flexibility index (Phi) is 3.91. The summed E-state index contributed by atoms with van der Waals surface area (Å²) in [4.78, 5) is 1.14. The normalized spacial score (nSPS) is 11.5. The van der Waals surface area contributed by atoms with Crippen molar-refractivity contribution in [3.63, 3.8) is 0 Å². The number of aryl methyl sites for hydroxylation is 2. The van der Waals surface area contributed by atoms with E-state index in [-0.39, 0.29) is 0 Å². The van der Waals surface area contributed by atoms with E-state index in [0.717, 1.165) is 16.0 Å². The highest BCUT2D eigenvalue weighted by Crippen LogP contribution is 2.32. The first-order valence-corrected chi connectivity index (χ1v) is 5.17. The fourth-order valence-electron chi connectivity index (χ4n) is 1.59. The molecule has 0 saturated heterocycles. The Balaban J connectivity index is 3.08. The van der Waals surface area contributed by atoms with Crippen molar-refractivity contribution in [2.45, 2.75) is 20.0 Å². The molecule has 5 heteroatoms. The van der Waals surface area contributed by atoms with E-state index >= 15 is 0 Å². The van der Waals surface area contributed by atoms with E-state index < -0.39 is 12.7 Å². The van der Waals surface area contributed by atoms with Crippen molar-refractivity contribution in [2.75, 3.05) is 25.6 Å². The van der Waals surface area contributed by atoms with Crippen LogP contribution in [0.25, 0.3) is 0 Å². The lowest BCUT2D eigenvalue weighted by atomic mass is 10.1. The van der Waals surface area contributed by atoms with Gasteiger partial charge >= 0.3 is 6.18 Å². The van der Waals surface area contributed by atoms with Gasteiger partial charge in [-0.05, 0) is 37.1 Å². The Bertz CT molecular complexity index is 401. The molecule has 0 aliphatic rings. The lowest BCUT2D eigenvalue weighted by Gasteiger charge is -2.24. The fourth-order valence-corrected chi connectivity index (χ4v) is 1.59. The van der Waals surface area contributed by atoms with E-state index in [0.29, 0.717) is 11.4 Å². The van der Waals surface area contributed by atoms with Crippen LogP contribution in [0.15, 0.2) is 12.1 Å². The molecule has 0 radical (unpaired) electrons. The zero-order chi connectivity index (χ0) is 13.2. The number of methoxy groups -OCH3 is 1. The lowest BCUT2D eigenvalue weighted by Crippen LogP contribution is -2.31. The molecule has 1 aromatic carbocycles. The molecule has 0 aliphatic carbocycles. The highest BCUT2D eigenvalue weighted by atomic mass is 19.4. The van der Waals surface area contributed by atoms with Crippen LogP contribution >= 0.6 is 0 Å². The van der Waals surface area contributed by atoms with Gasteiger partial charge in [0.2, 0.25) is 0 Å². The zero-order valence-corrected chi connectivity index (χ0v) is 10.4. The predicted molar refractivity (Wildman–Crippen MR) is 61.8 cm³/mol. The fraction of sp³-hybridized carbons (Fsp3) is 0.500. The Labute approximate surface area is 99.0 Å². The topological polar surface area (TPSA) is 12.5 Å². The number of ether oxygens (including phenoxy) is 1. The number of nitrogens with zero attached hydrogens (tertiary/aromatic N) is 1. The van der Waals surface area contributed by atoms with Crippen molar-refractivity contribution in [2.24, 2.45) is 0 Å². The molecule has 0 saturated carbocycles. The molecule has 0 bridgehead atoms. The SMILES string of the molecule is COc1cc(C)c(C)cc1N(C)CC(F)(F)F. The maximum Gasteiger partial charge on any atom is 0.405 e. The quantitative estimate of drug-likeness (QED) is 0.812. The molecular weight excluding hydrogens is 231 g/mol. The summed E-state index contributed by atoms with van der Waals surface area (Å²) in [7, 11) is 2.86. The Morgan fingerprint density at radius 2 is 1.71 bits per heavy atom. The number of hydrogen-bond acceptors (Lipinski definition) is 2. The predicted octanol–water partition coefficient (Wildman–Crippen LogP) is 3.31. The molecule has 0 unspecified atom stereocenters. The Morgan fingerprint density at radius 3 is 2.18 bits per heavy atom. The summed E-state index contributed by atoms with van der Waals surface area (Å²) in [6.45, 7) is 2.76. The maximum atomic E-state index is 12.3. The molecule has 17 heavy (non-hydrogen) atoms. The van der Waals surface area contributed by atoms with Gasteiger partial charge in [0.25, 0.3) is 0 Å². The summed E-state index contributed by atoms with van der Waals surface area (Å²) in [6, 6.07) is 3.46. The lowest BCUT2D eigenvalue weighted by molar-refractivity contribution is -0.119. The average Bonchev–Trinajstić information content (AvgIpc) is 2.18. The van der Waals surface area contributed by atoms with Crippen LogP contribution in [0.3, 0.4) is 0 Å². The van der Waals surface area contributed by atoms with Crippen molar-refractivity contribution in [3.8, 4) is 5.75 Å². The minimum Gasteiger partial charge on any atom is -0.495 e. The number of rotatable bonds is 3.